The minimum absolute atomic E-state index is 0. The number of aromatic nitrogens is 4. The van der Waals surface area contributed by atoms with E-state index in [1.54, 1.807) is 45.8 Å². The lowest BCUT2D eigenvalue weighted by Gasteiger charge is -2.15. The van der Waals surface area contributed by atoms with Crippen molar-refractivity contribution in [2.75, 3.05) is 18.5 Å². The summed E-state index contributed by atoms with van der Waals surface area (Å²) >= 11 is 0. The number of fused-ring (bicyclic) bond motifs is 1. The maximum Gasteiger partial charge on any atom is 0.311 e. The van der Waals surface area contributed by atoms with Crippen LogP contribution in [-0.4, -0.2) is 45.6 Å². The molecular formula is C28H30BrN5O6. The molecule has 4 aromatic rings. The van der Waals surface area contributed by atoms with Gasteiger partial charge in [0.05, 0.1) is 26.3 Å². The van der Waals surface area contributed by atoms with E-state index in [1.165, 1.54) is 13.8 Å². The number of carbonyl (C=O) groups is 3. The Bertz CT molecular complexity index is 1500. The van der Waals surface area contributed by atoms with E-state index in [-0.39, 0.29) is 42.1 Å². The molecule has 2 aromatic carbocycles. The van der Waals surface area contributed by atoms with Gasteiger partial charge in [0.2, 0.25) is 5.52 Å². The summed E-state index contributed by atoms with van der Waals surface area (Å²) in [7, 11) is 0. The Labute approximate surface area is 240 Å². The van der Waals surface area contributed by atoms with Crippen LogP contribution >= 0.6 is 0 Å². The topological polar surface area (TPSA) is 136 Å². The van der Waals surface area contributed by atoms with Crippen LogP contribution in [0, 0.1) is 5.92 Å². The fourth-order valence-corrected chi connectivity index (χ4v) is 4.09. The van der Waals surface area contributed by atoms with Crippen LogP contribution in [0.25, 0.3) is 11.2 Å². The van der Waals surface area contributed by atoms with Gasteiger partial charge in [-0.2, -0.15) is 0 Å². The average Bonchev–Trinajstić information content (AvgIpc) is 3.26. The lowest BCUT2D eigenvalue weighted by Crippen LogP contribution is -3.00. The predicted octanol–water partition coefficient (Wildman–Crippen LogP) is -0.551. The number of imidazole rings is 1. The highest BCUT2D eigenvalue weighted by Gasteiger charge is 2.24. The molecule has 0 bridgehead atoms. The molecule has 0 unspecified atom stereocenters. The standard InChI is InChI=1S/C28H29N5O6.BrH/c1-19(34)38-16-22(17-39-20(2)35)13-14-32-18-33(15-21-9-5-3-6-10-21)24-25(32)29-28(31-27(24)37)30-26(36)23-11-7-4-8-12-23;/h3-12,18,22H,13-17H2,1-2H3,(H-,29,30,31,36,37);1H. The van der Waals surface area contributed by atoms with Gasteiger partial charge in [-0.1, -0.05) is 53.5 Å². The fraction of sp³-hybridized carbons (Fsp3) is 0.286. The Hall–Kier alpha value is -4.32. The lowest BCUT2D eigenvalue weighted by atomic mass is 10.1. The Kier molecular flexibility index (Phi) is 10.7. The van der Waals surface area contributed by atoms with Crippen LogP contribution < -0.4 is 32.4 Å². The van der Waals surface area contributed by atoms with Crippen molar-refractivity contribution in [1.29, 1.82) is 0 Å². The summed E-state index contributed by atoms with van der Waals surface area (Å²) < 4.78 is 13.9. The van der Waals surface area contributed by atoms with E-state index in [2.05, 4.69) is 15.3 Å². The molecule has 0 aliphatic rings. The number of aryl methyl sites for hydroxylation is 1. The molecule has 1 amide bonds. The largest absolute Gasteiger partial charge is 1.00 e. The van der Waals surface area contributed by atoms with Gasteiger partial charge in [0, 0.05) is 25.3 Å². The molecule has 2 aromatic heterocycles. The molecule has 0 spiro atoms. The first-order valence-electron chi connectivity index (χ1n) is 12.5. The van der Waals surface area contributed by atoms with Gasteiger partial charge in [0.1, 0.15) is 0 Å². The molecule has 0 saturated heterocycles. The number of benzene rings is 2. The monoisotopic (exact) mass is 611 g/mol. The molecule has 0 saturated carbocycles. The summed E-state index contributed by atoms with van der Waals surface area (Å²) in [5, 5.41) is 2.66. The van der Waals surface area contributed by atoms with E-state index in [1.807, 2.05) is 30.3 Å². The van der Waals surface area contributed by atoms with Crippen LogP contribution in [0.4, 0.5) is 5.95 Å². The molecule has 40 heavy (non-hydrogen) atoms. The second-order valence-electron chi connectivity index (χ2n) is 9.09. The number of esters is 2. The maximum absolute atomic E-state index is 13.2. The highest BCUT2D eigenvalue weighted by Crippen LogP contribution is 2.13. The van der Waals surface area contributed by atoms with Gasteiger partial charge in [-0.05, 0) is 24.1 Å². The number of hydrogen-bond donors (Lipinski definition) is 2. The highest BCUT2D eigenvalue weighted by molar-refractivity contribution is 6.03. The maximum atomic E-state index is 13.2. The lowest BCUT2D eigenvalue weighted by molar-refractivity contribution is -0.675. The van der Waals surface area contributed by atoms with Crippen LogP contribution in [0.3, 0.4) is 0 Å². The van der Waals surface area contributed by atoms with Gasteiger partial charge in [0.25, 0.3) is 17.4 Å². The minimum atomic E-state index is -0.429. The SMILES string of the molecule is CC(=O)OCC(CC[n+]1cn(Cc2ccccc2)c2c(=O)[nH]c(NC(=O)c3ccccc3)nc21)COC(C)=O.[Br-]. The summed E-state index contributed by atoms with van der Waals surface area (Å²) in [6, 6.07) is 18.3. The van der Waals surface area contributed by atoms with Crippen molar-refractivity contribution < 1.29 is 45.4 Å². The summed E-state index contributed by atoms with van der Waals surface area (Å²) in [6.45, 7) is 3.60. The van der Waals surface area contributed by atoms with Gasteiger partial charge >= 0.3 is 17.6 Å². The normalized spacial score (nSPS) is 10.7. The summed E-state index contributed by atoms with van der Waals surface area (Å²) in [4.78, 5) is 55.9. The van der Waals surface area contributed by atoms with Crippen LogP contribution in [0.15, 0.2) is 71.8 Å². The molecular weight excluding hydrogens is 582 g/mol. The smallest absolute Gasteiger partial charge is 0.311 e. The number of aromatic amines is 1. The molecule has 210 valence electrons. The van der Waals surface area contributed by atoms with Gasteiger partial charge < -0.3 is 26.5 Å². The third-order valence-electron chi connectivity index (χ3n) is 6.00. The highest BCUT2D eigenvalue weighted by atomic mass is 79.9. The third kappa shape index (κ3) is 8.09. The number of H-pyrrole nitrogens is 1. The average molecular weight is 612 g/mol. The summed E-state index contributed by atoms with van der Waals surface area (Å²) in [6.07, 6.45) is 2.26. The number of halogens is 1. The Balaban J connectivity index is 0.00000441. The number of hydrogen-bond acceptors (Lipinski definition) is 7. The zero-order valence-corrected chi connectivity index (χ0v) is 23.7. The van der Waals surface area contributed by atoms with E-state index < -0.39 is 23.4 Å². The molecule has 0 radical (unpaired) electrons. The molecule has 11 nitrogen and oxygen atoms in total. The van der Waals surface area contributed by atoms with Crippen molar-refractivity contribution in [3.8, 4) is 0 Å². The molecule has 0 atom stereocenters. The van der Waals surface area contributed by atoms with Crippen molar-refractivity contribution in [3.63, 3.8) is 0 Å². The van der Waals surface area contributed by atoms with Gasteiger partial charge in [-0.3, -0.25) is 34.0 Å². The van der Waals surface area contributed by atoms with Gasteiger partial charge in [-0.15, -0.1) is 0 Å². The van der Waals surface area contributed by atoms with Crippen LogP contribution in [0.5, 0.6) is 0 Å². The third-order valence-corrected chi connectivity index (χ3v) is 6.00. The summed E-state index contributed by atoms with van der Waals surface area (Å²) in [5.74, 6) is -1.51. The fourth-order valence-electron chi connectivity index (χ4n) is 4.09. The van der Waals surface area contributed by atoms with Crippen molar-refractivity contribution in [2.45, 2.75) is 33.4 Å². The van der Waals surface area contributed by atoms with Gasteiger partial charge in [0.15, 0.2) is 6.33 Å². The zero-order valence-electron chi connectivity index (χ0n) is 22.1. The molecule has 2 N–H and O–H groups in total. The van der Waals surface area contributed by atoms with Crippen molar-refractivity contribution in [2.24, 2.45) is 5.92 Å². The number of nitrogens with zero attached hydrogens (tertiary/aromatic N) is 3. The number of amides is 1. The number of rotatable bonds is 11. The Morgan fingerprint density at radius 2 is 1.57 bits per heavy atom. The first-order valence-corrected chi connectivity index (χ1v) is 12.5. The zero-order chi connectivity index (χ0) is 27.8. The van der Waals surface area contributed by atoms with Crippen LogP contribution in [0.1, 0.15) is 36.2 Å². The first kappa shape index (κ1) is 30.2. The molecule has 4 rings (SSSR count). The Morgan fingerprint density at radius 3 is 2.17 bits per heavy atom. The molecule has 0 fully saturated rings. The Morgan fingerprint density at radius 1 is 0.975 bits per heavy atom. The van der Waals surface area contributed by atoms with Crippen LogP contribution in [-0.2, 0) is 32.2 Å². The quantitative estimate of drug-likeness (QED) is 0.171. The number of carbonyl (C=O) groups excluding carboxylic acids is 3. The first-order chi connectivity index (χ1) is 18.8. The molecule has 12 heteroatoms. The predicted molar refractivity (Wildman–Crippen MR) is 142 cm³/mol. The second kappa shape index (κ2) is 14.2. The van der Waals surface area contributed by atoms with Crippen molar-refractivity contribution >= 4 is 35.0 Å². The van der Waals surface area contributed by atoms with E-state index in [9.17, 15) is 19.2 Å². The second-order valence-corrected chi connectivity index (χ2v) is 9.09. The van der Waals surface area contributed by atoms with Crippen molar-refractivity contribution in [1.82, 2.24) is 14.5 Å². The van der Waals surface area contributed by atoms with E-state index in [0.717, 1.165) is 5.56 Å². The van der Waals surface area contributed by atoms with Crippen LogP contribution in [0.2, 0.25) is 0 Å². The van der Waals surface area contributed by atoms with E-state index in [4.69, 9.17) is 9.47 Å². The van der Waals surface area contributed by atoms with E-state index >= 15 is 0 Å². The number of ether oxygens (including phenoxy) is 2. The molecule has 0 aliphatic heterocycles. The number of anilines is 1. The van der Waals surface area contributed by atoms with E-state index in [0.29, 0.717) is 36.2 Å². The molecule has 2 heterocycles. The number of nitrogens with one attached hydrogen (secondary N) is 2. The minimum Gasteiger partial charge on any atom is -1.00 e. The van der Waals surface area contributed by atoms with Crippen molar-refractivity contribution in [3.05, 3.63) is 88.5 Å². The molecule has 0 aliphatic carbocycles. The summed E-state index contributed by atoms with van der Waals surface area (Å²) in [5.41, 5.74) is 1.72. The van der Waals surface area contributed by atoms with Gasteiger partial charge in [-0.25, -0.2) is 4.57 Å².